The lowest BCUT2D eigenvalue weighted by Gasteiger charge is -2.27. The van der Waals surface area contributed by atoms with Crippen LogP contribution in [0.15, 0.2) is 53.8 Å². The summed E-state index contributed by atoms with van der Waals surface area (Å²) in [5.74, 6) is 0.187. The second kappa shape index (κ2) is 9.51. The number of carbonyl (C=O) groups excluding carboxylic acids is 1. The Morgan fingerprint density at radius 1 is 1.05 bits per heavy atom. The molecule has 2 aromatic heterocycles. The van der Waals surface area contributed by atoms with Gasteiger partial charge >= 0.3 is 0 Å². The average Bonchev–Trinajstić information content (AvgIpc) is 3.65. The van der Waals surface area contributed by atoms with Crippen molar-refractivity contribution in [1.29, 1.82) is 0 Å². The maximum absolute atomic E-state index is 14.6. The zero-order valence-electron chi connectivity index (χ0n) is 20.1. The van der Waals surface area contributed by atoms with Crippen molar-refractivity contribution in [3.8, 4) is 0 Å². The zero-order valence-corrected chi connectivity index (χ0v) is 20.1. The highest BCUT2D eigenvalue weighted by Crippen LogP contribution is 2.37. The first-order chi connectivity index (χ1) is 18.0. The number of carbonyl (C=O) groups is 1. The van der Waals surface area contributed by atoms with Crippen molar-refractivity contribution in [2.45, 2.75) is 38.0 Å². The number of nitrogens with one attached hydrogen (secondary N) is 1. The van der Waals surface area contributed by atoms with E-state index in [1.807, 2.05) is 15.9 Å². The van der Waals surface area contributed by atoms with Crippen molar-refractivity contribution in [2.75, 3.05) is 29.9 Å². The van der Waals surface area contributed by atoms with E-state index in [9.17, 15) is 18.7 Å². The quantitative estimate of drug-likeness (QED) is 0.563. The van der Waals surface area contributed by atoms with Crippen LogP contribution >= 0.6 is 0 Å². The fourth-order valence-corrected chi connectivity index (χ4v) is 5.34. The molecule has 0 unspecified atom stereocenters. The highest BCUT2D eigenvalue weighted by atomic mass is 19.1. The van der Waals surface area contributed by atoms with Gasteiger partial charge in [-0.1, -0.05) is 0 Å². The zero-order chi connectivity index (χ0) is 25.5. The first-order valence-corrected chi connectivity index (χ1v) is 12.4. The molecule has 3 aliphatic rings. The van der Waals surface area contributed by atoms with Crippen LogP contribution in [-0.2, 0) is 6.54 Å². The summed E-state index contributed by atoms with van der Waals surface area (Å²) in [6, 6.07) is 8.54. The Bertz CT molecular complexity index is 1380. The van der Waals surface area contributed by atoms with Crippen LogP contribution in [0.1, 0.15) is 52.5 Å². The van der Waals surface area contributed by atoms with Crippen LogP contribution in [-0.4, -0.2) is 57.5 Å². The number of amides is 1. The van der Waals surface area contributed by atoms with Crippen LogP contribution in [0.3, 0.4) is 0 Å². The van der Waals surface area contributed by atoms with Crippen LogP contribution in [0.25, 0.3) is 0 Å². The second-order valence-electron chi connectivity index (χ2n) is 9.62. The van der Waals surface area contributed by atoms with Gasteiger partial charge in [-0.05, 0) is 55.7 Å². The van der Waals surface area contributed by atoms with E-state index < -0.39 is 11.6 Å². The van der Waals surface area contributed by atoms with Gasteiger partial charge in [0.15, 0.2) is 0 Å². The Kier molecular flexibility index (Phi) is 6.03. The van der Waals surface area contributed by atoms with Gasteiger partial charge in [0.2, 0.25) is 0 Å². The standard InChI is InChI=1S/C27H26F2N6O2/c28-17-4-5-22(29)20(10-17)24-2-1-8-35(24)26-21-11-18(13-30-23(21)14-32-26)33-27(37)16-3-6-25(31-12-16)34-9-7-19(36)15-34/h3-6,10-13,19,24,36H,1-2,7-9,14-15H2,(H,33,37)/t19-,24+/m0/s1. The van der Waals surface area contributed by atoms with Crippen LogP contribution in [0.2, 0.25) is 0 Å². The number of amidine groups is 1. The van der Waals surface area contributed by atoms with Gasteiger partial charge in [-0.2, -0.15) is 0 Å². The molecule has 6 rings (SSSR count). The van der Waals surface area contributed by atoms with Crippen molar-refractivity contribution >= 4 is 23.2 Å². The Morgan fingerprint density at radius 2 is 1.95 bits per heavy atom. The van der Waals surface area contributed by atoms with Gasteiger partial charge in [0.05, 0.1) is 41.8 Å². The van der Waals surface area contributed by atoms with E-state index in [1.54, 1.807) is 18.3 Å². The lowest BCUT2D eigenvalue weighted by Crippen LogP contribution is -2.31. The Labute approximate surface area is 212 Å². The fraction of sp³-hybridized carbons (Fsp3) is 0.333. The first-order valence-electron chi connectivity index (χ1n) is 12.4. The molecular weight excluding hydrogens is 478 g/mol. The molecule has 0 bridgehead atoms. The van der Waals surface area contributed by atoms with E-state index in [1.165, 1.54) is 12.3 Å². The number of aliphatic hydroxyl groups excluding tert-OH is 1. The molecule has 190 valence electrons. The molecule has 2 saturated heterocycles. The largest absolute Gasteiger partial charge is 0.391 e. The van der Waals surface area contributed by atoms with Gasteiger partial charge in [-0.3, -0.25) is 14.8 Å². The molecule has 0 aliphatic carbocycles. The van der Waals surface area contributed by atoms with Crippen molar-refractivity contribution < 1.29 is 18.7 Å². The monoisotopic (exact) mass is 504 g/mol. The summed E-state index contributed by atoms with van der Waals surface area (Å²) in [6.45, 7) is 2.33. The van der Waals surface area contributed by atoms with E-state index in [2.05, 4.69) is 20.3 Å². The number of likely N-dealkylation sites (tertiary alicyclic amines) is 1. The van der Waals surface area contributed by atoms with Crippen molar-refractivity contribution in [3.05, 3.63) is 82.8 Å². The number of hydrogen-bond acceptors (Lipinski definition) is 7. The third kappa shape index (κ3) is 4.53. The van der Waals surface area contributed by atoms with Crippen molar-refractivity contribution in [1.82, 2.24) is 14.9 Å². The Hall–Kier alpha value is -3.92. The fourth-order valence-electron chi connectivity index (χ4n) is 5.34. The molecule has 2 atom stereocenters. The van der Waals surface area contributed by atoms with Crippen LogP contribution in [0.5, 0.6) is 0 Å². The molecule has 2 N–H and O–H groups in total. The average molecular weight is 505 g/mol. The summed E-state index contributed by atoms with van der Waals surface area (Å²) in [4.78, 5) is 30.4. The summed E-state index contributed by atoms with van der Waals surface area (Å²) in [7, 11) is 0. The molecule has 1 amide bonds. The van der Waals surface area contributed by atoms with Gasteiger partial charge in [0.25, 0.3) is 5.91 Å². The Balaban J connectivity index is 1.19. The third-order valence-corrected chi connectivity index (χ3v) is 7.19. The van der Waals surface area contributed by atoms with Gasteiger partial charge < -0.3 is 20.2 Å². The normalized spacial score (nSPS) is 20.8. The maximum atomic E-state index is 14.6. The van der Waals surface area contributed by atoms with E-state index in [-0.39, 0.29) is 18.1 Å². The number of fused-ring (bicyclic) bond motifs is 1. The highest BCUT2D eigenvalue weighted by Gasteiger charge is 2.34. The molecule has 2 fully saturated rings. The van der Waals surface area contributed by atoms with E-state index in [4.69, 9.17) is 0 Å². The summed E-state index contributed by atoms with van der Waals surface area (Å²) < 4.78 is 28.5. The summed E-state index contributed by atoms with van der Waals surface area (Å²) in [5.41, 5.74) is 2.79. The van der Waals surface area contributed by atoms with Crippen LogP contribution in [0.4, 0.5) is 20.3 Å². The molecule has 5 heterocycles. The number of aromatic nitrogens is 2. The molecule has 8 nitrogen and oxygen atoms in total. The van der Waals surface area contributed by atoms with E-state index >= 15 is 0 Å². The van der Waals surface area contributed by atoms with Crippen molar-refractivity contribution in [2.24, 2.45) is 4.99 Å². The SMILES string of the molecule is O=C(Nc1cnc2c(c1)C(N1CCC[C@@H]1c1cc(F)ccc1F)=NC2)c1ccc(N2CC[C@H](O)C2)nc1. The molecule has 3 aliphatic heterocycles. The number of aliphatic hydroxyl groups is 1. The number of β-amino-alcohol motifs (C(OH)–C–C–N with tert-alkyl or cyclic N) is 1. The number of pyridine rings is 2. The third-order valence-electron chi connectivity index (χ3n) is 7.19. The van der Waals surface area contributed by atoms with Gasteiger partial charge in [-0.25, -0.2) is 13.8 Å². The maximum Gasteiger partial charge on any atom is 0.257 e. The number of nitrogens with zero attached hydrogens (tertiary/aromatic N) is 5. The van der Waals surface area contributed by atoms with Gasteiger partial charge in [0, 0.05) is 37.0 Å². The number of hydrogen-bond donors (Lipinski definition) is 2. The molecule has 10 heteroatoms. The minimum atomic E-state index is -0.468. The molecule has 0 radical (unpaired) electrons. The van der Waals surface area contributed by atoms with Crippen LogP contribution < -0.4 is 10.2 Å². The highest BCUT2D eigenvalue weighted by molar-refractivity contribution is 6.06. The topological polar surface area (TPSA) is 94.0 Å². The van der Waals surface area contributed by atoms with E-state index in [0.717, 1.165) is 42.2 Å². The summed E-state index contributed by atoms with van der Waals surface area (Å²) >= 11 is 0. The van der Waals surface area contributed by atoms with Crippen LogP contribution in [0, 0.1) is 11.6 Å². The summed E-state index contributed by atoms with van der Waals surface area (Å²) in [6.07, 6.45) is 4.99. The van der Waals surface area contributed by atoms with E-state index in [0.29, 0.717) is 55.1 Å². The first kappa shape index (κ1) is 23.5. The van der Waals surface area contributed by atoms with Crippen molar-refractivity contribution in [3.63, 3.8) is 0 Å². The number of rotatable bonds is 4. The smallest absolute Gasteiger partial charge is 0.257 e. The molecular formula is C27H26F2N6O2. The summed E-state index contributed by atoms with van der Waals surface area (Å²) in [5, 5.41) is 12.6. The van der Waals surface area contributed by atoms with Gasteiger partial charge in [-0.15, -0.1) is 0 Å². The molecule has 3 aromatic rings. The lowest BCUT2D eigenvalue weighted by atomic mass is 10.0. The molecule has 0 saturated carbocycles. The lowest BCUT2D eigenvalue weighted by molar-refractivity contribution is 0.102. The molecule has 1 aromatic carbocycles. The molecule has 37 heavy (non-hydrogen) atoms. The van der Waals surface area contributed by atoms with Gasteiger partial charge in [0.1, 0.15) is 23.3 Å². The number of benzene rings is 1. The number of halogens is 2. The molecule has 0 spiro atoms. The predicted octanol–water partition coefficient (Wildman–Crippen LogP) is 3.68. The second-order valence-corrected chi connectivity index (χ2v) is 9.62. The number of anilines is 2. The minimum Gasteiger partial charge on any atom is -0.391 e. The number of aliphatic imine (C=N–C) groups is 1. The predicted molar refractivity (Wildman–Crippen MR) is 135 cm³/mol. The Morgan fingerprint density at radius 3 is 2.73 bits per heavy atom. The minimum absolute atomic E-state index is 0.319.